The maximum atomic E-state index is 11.9. The normalized spacial score (nSPS) is 17.0. The number of ether oxygens (including phenoxy) is 3. The highest BCUT2D eigenvalue weighted by atomic mass is 16.7. The van der Waals surface area contributed by atoms with Gasteiger partial charge in [0.05, 0.1) is 19.8 Å². The molecule has 2 N–H and O–H groups in total. The maximum Gasteiger partial charge on any atom is 0.234 e. The molecule has 2 aliphatic heterocycles. The summed E-state index contributed by atoms with van der Waals surface area (Å²) in [6.45, 7) is 6.67. The van der Waals surface area contributed by atoms with Crippen molar-refractivity contribution < 1.29 is 19.0 Å². The first-order valence-electron chi connectivity index (χ1n) is 8.47. The molecule has 3 rings (SSSR count). The molecule has 1 amide bonds. The van der Waals surface area contributed by atoms with Crippen LogP contribution in [0.15, 0.2) is 18.2 Å². The van der Waals surface area contributed by atoms with Crippen LogP contribution in [0.3, 0.4) is 0 Å². The van der Waals surface area contributed by atoms with E-state index in [1.165, 1.54) is 0 Å². The topological polar surface area (TPSA) is 72.1 Å². The summed E-state index contributed by atoms with van der Waals surface area (Å²) < 4.78 is 15.9. The molecule has 0 aromatic heterocycles. The van der Waals surface area contributed by atoms with E-state index < -0.39 is 0 Å². The van der Waals surface area contributed by atoms with Crippen LogP contribution in [0.25, 0.3) is 0 Å². The van der Waals surface area contributed by atoms with Crippen LogP contribution in [0, 0.1) is 0 Å². The lowest BCUT2D eigenvalue weighted by Gasteiger charge is -2.26. The van der Waals surface area contributed by atoms with Crippen molar-refractivity contribution in [1.82, 2.24) is 15.5 Å². The van der Waals surface area contributed by atoms with Crippen LogP contribution >= 0.6 is 0 Å². The van der Waals surface area contributed by atoms with Gasteiger partial charge in [-0.3, -0.25) is 9.69 Å². The van der Waals surface area contributed by atoms with E-state index in [9.17, 15) is 4.79 Å². The van der Waals surface area contributed by atoms with Gasteiger partial charge in [0.1, 0.15) is 0 Å². The summed E-state index contributed by atoms with van der Waals surface area (Å²) >= 11 is 0. The molecule has 0 unspecified atom stereocenters. The molecule has 0 spiro atoms. The molecule has 7 heteroatoms. The smallest absolute Gasteiger partial charge is 0.234 e. The number of rotatable bonds is 8. The fourth-order valence-electron chi connectivity index (χ4n) is 2.77. The molecule has 2 aliphatic rings. The van der Waals surface area contributed by atoms with Crippen molar-refractivity contribution in [3.63, 3.8) is 0 Å². The molecule has 7 nitrogen and oxygen atoms in total. The Morgan fingerprint density at radius 3 is 2.88 bits per heavy atom. The molecule has 1 saturated heterocycles. The average Bonchev–Trinajstić information content (AvgIpc) is 3.08. The minimum absolute atomic E-state index is 0.000889. The average molecular weight is 335 g/mol. The zero-order valence-corrected chi connectivity index (χ0v) is 13.9. The predicted molar refractivity (Wildman–Crippen MR) is 89.2 cm³/mol. The van der Waals surface area contributed by atoms with Crippen LogP contribution in [0.5, 0.6) is 11.5 Å². The molecular formula is C17H25N3O4. The quantitative estimate of drug-likeness (QED) is 0.668. The summed E-state index contributed by atoms with van der Waals surface area (Å²) in [6, 6.07) is 5.70. The zero-order valence-electron chi connectivity index (χ0n) is 13.9. The third kappa shape index (κ3) is 5.09. The summed E-state index contributed by atoms with van der Waals surface area (Å²) in [6.07, 6.45) is 1.04. The molecule has 24 heavy (non-hydrogen) atoms. The van der Waals surface area contributed by atoms with E-state index in [1.807, 2.05) is 18.2 Å². The molecule has 0 saturated carbocycles. The third-order valence-electron chi connectivity index (χ3n) is 4.14. The highest BCUT2D eigenvalue weighted by Crippen LogP contribution is 2.32. The predicted octanol–water partition coefficient (Wildman–Crippen LogP) is 0.343. The summed E-state index contributed by atoms with van der Waals surface area (Å²) in [5.41, 5.74) is 1.000. The molecule has 0 atom stereocenters. The Hall–Kier alpha value is -1.83. The van der Waals surface area contributed by atoms with Crippen molar-refractivity contribution in [1.29, 1.82) is 0 Å². The van der Waals surface area contributed by atoms with Crippen LogP contribution in [0.4, 0.5) is 0 Å². The highest BCUT2D eigenvalue weighted by molar-refractivity contribution is 5.78. The third-order valence-corrected chi connectivity index (χ3v) is 4.14. The molecule has 0 bridgehead atoms. The standard InChI is InChI=1S/C17H25N3O4/c21-17(12-18-4-1-5-20-6-8-22-9-7-20)19-11-14-2-3-15-16(10-14)24-13-23-15/h2-3,10,18H,1,4-9,11-13H2,(H,19,21). The van der Waals surface area contributed by atoms with E-state index in [0.29, 0.717) is 13.1 Å². The van der Waals surface area contributed by atoms with Crippen molar-refractivity contribution in [2.24, 2.45) is 0 Å². The number of fused-ring (bicyclic) bond motifs is 1. The number of nitrogens with one attached hydrogen (secondary N) is 2. The fourth-order valence-corrected chi connectivity index (χ4v) is 2.77. The summed E-state index contributed by atoms with van der Waals surface area (Å²) in [5, 5.41) is 6.09. The summed E-state index contributed by atoms with van der Waals surface area (Å²) in [5.74, 6) is 1.49. The van der Waals surface area contributed by atoms with Crippen LogP contribution < -0.4 is 20.1 Å². The molecule has 1 fully saturated rings. The van der Waals surface area contributed by atoms with Gasteiger partial charge in [-0.15, -0.1) is 0 Å². The number of morpholine rings is 1. The van der Waals surface area contributed by atoms with Gasteiger partial charge in [0.25, 0.3) is 0 Å². The summed E-state index contributed by atoms with van der Waals surface area (Å²) in [7, 11) is 0. The number of carbonyl (C=O) groups excluding carboxylic acids is 1. The second kappa shape index (κ2) is 8.86. The Morgan fingerprint density at radius 1 is 1.17 bits per heavy atom. The molecular weight excluding hydrogens is 310 g/mol. The lowest BCUT2D eigenvalue weighted by atomic mass is 10.2. The number of carbonyl (C=O) groups is 1. The van der Waals surface area contributed by atoms with Crippen LogP contribution in [-0.4, -0.2) is 63.5 Å². The van der Waals surface area contributed by atoms with E-state index in [-0.39, 0.29) is 12.7 Å². The van der Waals surface area contributed by atoms with Gasteiger partial charge < -0.3 is 24.8 Å². The van der Waals surface area contributed by atoms with Gasteiger partial charge in [-0.05, 0) is 37.2 Å². The van der Waals surface area contributed by atoms with E-state index in [1.54, 1.807) is 0 Å². The second-order valence-corrected chi connectivity index (χ2v) is 5.95. The van der Waals surface area contributed by atoms with Gasteiger partial charge in [0.15, 0.2) is 11.5 Å². The highest BCUT2D eigenvalue weighted by Gasteiger charge is 2.13. The number of hydrogen-bond acceptors (Lipinski definition) is 6. The zero-order chi connectivity index (χ0) is 16.6. The first-order chi connectivity index (χ1) is 11.8. The van der Waals surface area contributed by atoms with Crippen molar-refractivity contribution in [2.75, 3.05) is 52.7 Å². The first kappa shape index (κ1) is 17.0. The number of nitrogens with zero attached hydrogens (tertiary/aromatic N) is 1. The Labute approximate surface area is 142 Å². The monoisotopic (exact) mass is 335 g/mol. The van der Waals surface area contributed by atoms with E-state index >= 15 is 0 Å². The Kier molecular flexibility index (Phi) is 6.28. The fraction of sp³-hybridized carbons (Fsp3) is 0.588. The summed E-state index contributed by atoms with van der Waals surface area (Å²) in [4.78, 5) is 14.3. The maximum absolute atomic E-state index is 11.9. The van der Waals surface area contributed by atoms with Gasteiger partial charge in [-0.1, -0.05) is 6.07 Å². The lowest BCUT2D eigenvalue weighted by Crippen LogP contribution is -2.38. The number of benzene rings is 1. The van der Waals surface area contributed by atoms with Crippen LogP contribution in [0.2, 0.25) is 0 Å². The minimum Gasteiger partial charge on any atom is -0.454 e. The Balaban J connectivity index is 1.26. The minimum atomic E-state index is -0.000889. The van der Waals surface area contributed by atoms with E-state index in [2.05, 4.69) is 15.5 Å². The molecule has 0 aliphatic carbocycles. The molecule has 2 heterocycles. The van der Waals surface area contributed by atoms with Crippen LogP contribution in [-0.2, 0) is 16.1 Å². The molecule has 1 aromatic carbocycles. The van der Waals surface area contributed by atoms with Crippen molar-refractivity contribution >= 4 is 5.91 Å². The molecule has 0 radical (unpaired) electrons. The first-order valence-corrected chi connectivity index (χ1v) is 8.47. The van der Waals surface area contributed by atoms with Gasteiger partial charge in [-0.25, -0.2) is 0 Å². The van der Waals surface area contributed by atoms with Gasteiger partial charge >= 0.3 is 0 Å². The largest absolute Gasteiger partial charge is 0.454 e. The SMILES string of the molecule is O=C(CNCCCN1CCOCC1)NCc1ccc2c(c1)OCO2. The van der Waals surface area contributed by atoms with Crippen molar-refractivity contribution in [3.05, 3.63) is 23.8 Å². The van der Waals surface area contributed by atoms with Gasteiger partial charge in [0, 0.05) is 19.6 Å². The van der Waals surface area contributed by atoms with Crippen molar-refractivity contribution in [2.45, 2.75) is 13.0 Å². The molecule has 1 aromatic rings. The van der Waals surface area contributed by atoms with E-state index in [0.717, 1.165) is 62.9 Å². The Morgan fingerprint density at radius 2 is 2.00 bits per heavy atom. The lowest BCUT2D eigenvalue weighted by molar-refractivity contribution is -0.120. The van der Waals surface area contributed by atoms with Gasteiger partial charge in [0.2, 0.25) is 12.7 Å². The van der Waals surface area contributed by atoms with Crippen LogP contribution in [0.1, 0.15) is 12.0 Å². The number of hydrogen-bond donors (Lipinski definition) is 2. The van der Waals surface area contributed by atoms with E-state index in [4.69, 9.17) is 14.2 Å². The van der Waals surface area contributed by atoms with Crippen molar-refractivity contribution in [3.8, 4) is 11.5 Å². The molecule has 132 valence electrons. The van der Waals surface area contributed by atoms with Gasteiger partial charge in [-0.2, -0.15) is 0 Å². The Bertz CT molecular complexity index is 547. The number of amides is 1. The second-order valence-electron chi connectivity index (χ2n) is 5.95.